The van der Waals surface area contributed by atoms with Gasteiger partial charge in [0.2, 0.25) is 0 Å². The van der Waals surface area contributed by atoms with Crippen molar-refractivity contribution < 1.29 is 0 Å². The van der Waals surface area contributed by atoms with Crippen LogP contribution in [-0.4, -0.2) is 0 Å². The number of hydrogen-bond donors (Lipinski definition) is 0. The molecule has 0 N–H and O–H groups in total. The van der Waals surface area contributed by atoms with Gasteiger partial charge in [0.25, 0.3) is 0 Å². The quantitative estimate of drug-likeness (QED) is 0.133. The van der Waals surface area contributed by atoms with Crippen LogP contribution in [0.15, 0.2) is 303 Å². The van der Waals surface area contributed by atoms with Gasteiger partial charge in [0, 0.05) is 0 Å². The highest BCUT2D eigenvalue weighted by molar-refractivity contribution is 6.24. The fraction of sp³-hybridized carbons (Fsp3) is 0.0130. The molecule has 1 unspecified atom stereocenters. The summed E-state index contributed by atoms with van der Waals surface area (Å²) in [5.74, 6) is 0. The van der Waals surface area contributed by atoms with Gasteiger partial charge in [-0.2, -0.15) is 0 Å². The lowest BCUT2D eigenvalue weighted by Gasteiger charge is -2.35. The second-order valence-corrected chi connectivity index (χ2v) is 20.6. The average Bonchev–Trinajstić information content (AvgIpc) is 3.99. The third-order valence-electron chi connectivity index (χ3n) is 16.5. The standard InChI is InChI=1S/C77H50/c1-4-21-51(22-5-1)56-29-20-30-61(48-56)77(62-41-39-54-27-10-11-28-55(54)49-62)73-38-19-18-33-66(73)67-42-40-57(50-74(67)77)75-68-34-14-16-36-70(68)76(71-37-17-15-35-69(71)75)72-44-43-63(64-31-12-13-32-65(64)72)60-46-58(52-23-6-2-7-24-52)45-59(47-60)53-25-8-3-9-26-53/h1-50H. The largest absolute Gasteiger partial charge is 0.0714 e. The summed E-state index contributed by atoms with van der Waals surface area (Å²) in [6, 6.07) is 113. The van der Waals surface area contributed by atoms with E-state index in [1.54, 1.807) is 0 Å². The molecule has 0 radical (unpaired) electrons. The molecule has 77 heavy (non-hydrogen) atoms. The highest BCUT2D eigenvalue weighted by Crippen LogP contribution is 2.58. The Morgan fingerprint density at radius 3 is 1.29 bits per heavy atom. The van der Waals surface area contributed by atoms with Gasteiger partial charge in [0.1, 0.15) is 0 Å². The van der Waals surface area contributed by atoms with Gasteiger partial charge in [-0.05, 0) is 180 Å². The number of hydrogen-bond acceptors (Lipinski definition) is 0. The maximum atomic E-state index is 2.55. The highest BCUT2D eigenvalue weighted by Gasteiger charge is 2.46. The van der Waals surface area contributed by atoms with E-state index < -0.39 is 5.41 Å². The monoisotopic (exact) mass is 974 g/mol. The molecule has 1 atom stereocenters. The molecule has 1 aliphatic carbocycles. The Morgan fingerprint density at radius 1 is 0.182 bits per heavy atom. The fourth-order valence-corrected chi connectivity index (χ4v) is 13.1. The minimum atomic E-state index is -0.620. The Morgan fingerprint density at radius 2 is 0.636 bits per heavy atom. The van der Waals surface area contributed by atoms with Crippen LogP contribution in [-0.2, 0) is 5.41 Å². The van der Waals surface area contributed by atoms with Gasteiger partial charge in [-0.1, -0.05) is 267 Å². The maximum absolute atomic E-state index is 2.55. The van der Waals surface area contributed by atoms with Crippen LogP contribution in [0.4, 0.5) is 0 Å². The van der Waals surface area contributed by atoms with E-state index in [9.17, 15) is 0 Å². The maximum Gasteiger partial charge on any atom is 0.0714 e. The van der Waals surface area contributed by atoms with E-state index in [-0.39, 0.29) is 0 Å². The predicted molar refractivity (Wildman–Crippen MR) is 326 cm³/mol. The summed E-state index contributed by atoms with van der Waals surface area (Å²) in [7, 11) is 0. The fourth-order valence-electron chi connectivity index (χ4n) is 13.1. The summed E-state index contributed by atoms with van der Waals surface area (Å²) in [6.07, 6.45) is 0. The smallest absolute Gasteiger partial charge is 0.0622 e. The van der Waals surface area contributed by atoms with Crippen molar-refractivity contribution >= 4 is 43.1 Å². The second kappa shape index (κ2) is 18.2. The second-order valence-electron chi connectivity index (χ2n) is 20.6. The number of fused-ring (bicyclic) bond motifs is 7. The first-order valence-corrected chi connectivity index (χ1v) is 26.8. The van der Waals surface area contributed by atoms with E-state index in [1.807, 2.05) is 0 Å². The Balaban J connectivity index is 0.959. The molecule has 0 nitrogen and oxygen atoms in total. The summed E-state index contributed by atoms with van der Waals surface area (Å²) < 4.78 is 0. The molecule has 358 valence electrons. The van der Waals surface area contributed by atoms with Crippen LogP contribution in [0, 0.1) is 0 Å². The van der Waals surface area contributed by atoms with Crippen molar-refractivity contribution in [2.75, 3.05) is 0 Å². The van der Waals surface area contributed by atoms with Crippen molar-refractivity contribution in [3.63, 3.8) is 0 Å². The van der Waals surface area contributed by atoms with Crippen LogP contribution in [0.3, 0.4) is 0 Å². The first-order chi connectivity index (χ1) is 38.2. The van der Waals surface area contributed by atoms with Crippen LogP contribution in [0.1, 0.15) is 22.3 Å². The normalized spacial score (nSPS) is 13.8. The lowest BCUT2D eigenvalue weighted by atomic mass is 9.66. The number of benzene rings is 14. The SMILES string of the molecule is c1ccc(-c2cc(-c3ccccc3)cc(-c3ccc(-c4c5ccccc5c(-c5ccc6c(c5)C(c5cccc(-c7ccccc7)c5)(c5ccc7ccccc7c5)c5ccccc5-6)c5ccccc45)c4ccccc34)c2)cc1. The van der Waals surface area contributed by atoms with Gasteiger partial charge in [-0.15, -0.1) is 0 Å². The topological polar surface area (TPSA) is 0 Å². The molecule has 0 aromatic heterocycles. The lowest BCUT2D eigenvalue weighted by Crippen LogP contribution is -2.28. The third kappa shape index (κ3) is 7.21. The van der Waals surface area contributed by atoms with E-state index >= 15 is 0 Å². The Kier molecular flexibility index (Phi) is 10.5. The van der Waals surface area contributed by atoms with Crippen molar-refractivity contribution in [2.24, 2.45) is 0 Å². The van der Waals surface area contributed by atoms with Crippen molar-refractivity contribution in [1.82, 2.24) is 0 Å². The van der Waals surface area contributed by atoms with Crippen molar-refractivity contribution in [3.05, 3.63) is 326 Å². The zero-order valence-electron chi connectivity index (χ0n) is 42.4. The molecular formula is C77H50. The highest BCUT2D eigenvalue weighted by atomic mass is 14.5. The molecule has 0 saturated carbocycles. The van der Waals surface area contributed by atoms with Gasteiger partial charge in [0.15, 0.2) is 0 Å². The molecule has 14 aromatic carbocycles. The molecule has 0 heterocycles. The molecule has 0 bridgehead atoms. The summed E-state index contributed by atoms with van der Waals surface area (Å²) in [4.78, 5) is 0. The Bertz CT molecular complexity index is 4490. The van der Waals surface area contributed by atoms with E-state index in [2.05, 4.69) is 303 Å². The van der Waals surface area contributed by atoms with E-state index in [0.717, 1.165) is 0 Å². The average molecular weight is 975 g/mol. The van der Waals surface area contributed by atoms with Crippen molar-refractivity contribution in [1.29, 1.82) is 0 Å². The molecule has 0 heteroatoms. The van der Waals surface area contributed by atoms with E-state index in [0.29, 0.717) is 0 Å². The summed E-state index contributed by atoms with van der Waals surface area (Å²) in [5.41, 5.74) is 21.6. The number of rotatable bonds is 8. The van der Waals surface area contributed by atoms with Crippen molar-refractivity contribution in [2.45, 2.75) is 5.41 Å². The molecule has 0 fully saturated rings. The minimum absolute atomic E-state index is 0.620. The molecule has 0 spiro atoms. The molecule has 15 rings (SSSR count). The molecule has 1 aliphatic rings. The molecular weight excluding hydrogens is 925 g/mol. The summed E-state index contributed by atoms with van der Waals surface area (Å²) >= 11 is 0. The van der Waals surface area contributed by atoms with Crippen LogP contribution < -0.4 is 0 Å². The zero-order valence-corrected chi connectivity index (χ0v) is 42.4. The summed E-state index contributed by atoms with van der Waals surface area (Å²) in [5, 5.41) is 9.86. The Labute approximate surface area is 449 Å². The molecule has 0 aliphatic heterocycles. The molecule has 0 saturated heterocycles. The van der Waals surface area contributed by atoms with Crippen LogP contribution >= 0.6 is 0 Å². The molecule has 14 aromatic rings. The first kappa shape index (κ1) is 44.6. The summed E-state index contributed by atoms with van der Waals surface area (Å²) in [6.45, 7) is 0. The zero-order chi connectivity index (χ0) is 50.9. The molecule has 0 amide bonds. The van der Waals surface area contributed by atoms with Gasteiger partial charge in [-0.25, -0.2) is 0 Å². The minimum Gasteiger partial charge on any atom is -0.0622 e. The van der Waals surface area contributed by atoms with E-state index in [1.165, 1.54) is 143 Å². The lowest BCUT2D eigenvalue weighted by molar-refractivity contribution is 0.770. The predicted octanol–water partition coefficient (Wildman–Crippen LogP) is 20.7. The third-order valence-corrected chi connectivity index (χ3v) is 16.5. The van der Waals surface area contributed by atoms with Gasteiger partial charge in [0.05, 0.1) is 5.41 Å². The van der Waals surface area contributed by atoms with Crippen molar-refractivity contribution in [3.8, 4) is 77.9 Å². The van der Waals surface area contributed by atoms with Gasteiger partial charge >= 0.3 is 0 Å². The van der Waals surface area contributed by atoms with Crippen LogP contribution in [0.25, 0.3) is 121 Å². The van der Waals surface area contributed by atoms with Gasteiger partial charge < -0.3 is 0 Å². The van der Waals surface area contributed by atoms with Gasteiger partial charge in [-0.3, -0.25) is 0 Å². The van der Waals surface area contributed by atoms with E-state index in [4.69, 9.17) is 0 Å². The Hall–Kier alpha value is -9.88. The van der Waals surface area contributed by atoms with Crippen LogP contribution in [0.2, 0.25) is 0 Å². The van der Waals surface area contributed by atoms with Crippen LogP contribution in [0.5, 0.6) is 0 Å². The first-order valence-electron chi connectivity index (χ1n) is 26.8.